The number of carbonyl (C=O) groups excluding carboxylic acids is 1. The molecule has 0 aromatic heterocycles. The molecule has 2 aromatic carbocycles. The minimum absolute atomic E-state index is 0.133. The van der Waals surface area contributed by atoms with Crippen LogP contribution in [0.25, 0.3) is 0 Å². The maximum absolute atomic E-state index is 12.6. The summed E-state index contributed by atoms with van der Waals surface area (Å²) in [7, 11) is 0. The topological polar surface area (TPSA) is 72.9 Å². The summed E-state index contributed by atoms with van der Waals surface area (Å²) in [5.41, 5.74) is 3.08. The van der Waals surface area contributed by atoms with Gasteiger partial charge in [-0.2, -0.15) is 0 Å². The summed E-state index contributed by atoms with van der Waals surface area (Å²) in [4.78, 5) is 28.0. The number of nitrogens with zero attached hydrogens (tertiary/aromatic N) is 2. The number of aromatic carboxylic acids is 1. The van der Waals surface area contributed by atoms with Crippen LogP contribution in [0, 0.1) is 0 Å². The van der Waals surface area contributed by atoms with Crippen molar-refractivity contribution in [3.63, 3.8) is 0 Å². The van der Waals surface area contributed by atoms with Gasteiger partial charge < -0.3 is 15.3 Å². The Hall–Kier alpha value is -2.86. The molecule has 27 heavy (non-hydrogen) atoms. The highest BCUT2D eigenvalue weighted by Crippen LogP contribution is 2.29. The van der Waals surface area contributed by atoms with Crippen molar-refractivity contribution in [1.29, 1.82) is 0 Å². The fourth-order valence-corrected chi connectivity index (χ4v) is 3.93. The molecule has 2 N–H and O–H groups in total. The molecule has 6 heteroatoms. The van der Waals surface area contributed by atoms with Crippen molar-refractivity contribution < 1.29 is 14.7 Å². The van der Waals surface area contributed by atoms with E-state index >= 15 is 0 Å². The Bertz CT molecular complexity index is 845. The van der Waals surface area contributed by atoms with E-state index in [9.17, 15) is 9.59 Å². The van der Waals surface area contributed by atoms with E-state index in [1.165, 1.54) is 11.6 Å². The quantitative estimate of drug-likeness (QED) is 0.871. The Morgan fingerprint density at radius 1 is 1.11 bits per heavy atom. The van der Waals surface area contributed by atoms with E-state index in [2.05, 4.69) is 34.5 Å². The maximum Gasteiger partial charge on any atom is 0.335 e. The second-order valence-electron chi connectivity index (χ2n) is 7.23. The lowest BCUT2D eigenvalue weighted by Crippen LogP contribution is -2.50. The summed E-state index contributed by atoms with van der Waals surface area (Å²) < 4.78 is 0. The number of fused-ring (bicyclic) bond motifs is 1. The molecule has 0 saturated carbocycles. The van der Waals surface area contributed by atoms with E-state index in [4.69, 9.17) is 5.11 Å². The molecule has 0 radical (unpaired) electrons. The third-order valence-electron chi connectivity index (χ3n) is 5.45. The average Bonchev–Trinajstić information content (AvgIpc) is 2.68. The molecule has 4 rings (SSSR count). The highest BCUT2D eigenvalue weighted by molar-refractivity contribution is 5.95. The van der Waals surface area contributed by atoms with E-state index in [1.54, 1.807) is 12.1 Å². The molecular formula is C21H23N3O3. The molecule has 0 spiro atoms. The SMILES string of the molecule is O=C(O)c1ccc2c(c1)NC(=O)N(C1CCN(Cc3ccccc3)CC1)C2. The van der Waals surface area contributed by atoms with E-state index in [-0.39, 0.29) is 17.6 Å². The third kappa shape index (κ3) is 3.80. The predicted octanol–water partition coefficient (Wildman–Crippen LogP) is 3.40. The Morgan fingerprint density at radius 2 is 1.85 bits per heavy atom. The first-order valence-corrected chi connectivity index (χ1v) is 9.30. The number of piperidine rings is 1. The van der Waals surface area contributed by atoms with Crippen molar-refractivity contribution in [3.05, 3.63) is 65.2 Å². The molecule has 0 unspecified atom stereocenters. The normalized spacial score (nSPS) is 18.1. The first-order valence-electron chi connectivity index (χ1n) is 9.30. The number of urea groups is 1. The summed E-state index contributed by atoms with van der Waals surface area (Å²) in [6.45, 7) is 3.41. The summed E-state index contributed by atoms with van der Waals surface area (Å²) in [5, 5.41) is 12.0. The first-order chi connectivity index (χ1) is 13.1. The van der Waals surface area contributed by atoms with Crippen LogP contribution in [0.3, 0.4) is 0 Å². The molecule has 2 aliphatic heterocycles. The third-order valence-corrected chi connectivity index (χ3v) is 5.45. The van der Waals surface area contributed by atoms with Crippen molar-refractivity contribution in [2.45, 2.75) is 32.0 Å². The number of likely N-dealkylation sites (tertiary alicyclic amines) is 1. The number of rotatable bonds is 4. The van der Waals surface area contributed by atoms with Gasteiger partial charge in [-0.1, -0.05) is 36.4 Å². The van der Waals surface area contributed by atoms with Crippen LogP contribution in [-0.2, 0) is 13.1 Å². The molecular weight excluding hydrogens is 342 g/mol. The van der Waals surface area contributed by atoms with Crippen molar-refractivity contribution >= 4 is 17.7 Å². The number of amides is 2. The van der Waals surface area contributed by atoms with Gasteiger partial charge in [0.15, 0.2) is 0 Å². The number of hydrogen-bond acceptors (Lipinski definition) is 3. The average molecular weight is 365 g/mol. The van der Waals surface area contributed by atoms with E-state index in [1.807, 2.05) is 11.0 Å². The van der Waals surface area contributed by atoms with Crippen LogP contribution in [0.15, 0.2) is 48.5 Å². The largest absolute Gasteiger partial charge is 0.478 e. The molecule has 2 amide bonds. The lowest BCUT2D eigenvalue weighted by Gasteiger charge is -2.40. The molecule has 1 saturated heterocycles. The number of carboxylic acid groups (broad SMARTS) is 1. The minimum Gasteiger partial charge on any atom is -0.478 e. The highest BCUT2D eigenvalue weighted by atomic mass is 16.4. The molecule has 1 fully saturated rings. The van der Waals surface area contributed by atoms with E-state index < -0.39 is 5.97 Å². The lowest BCUT2D eigenvalue weighted by molar-refractivity contribution is 0.0696. The van der Waals surface area contributed by atoms with Crippen LogP contribution in [0.5, 0.6) is 0 Å². The zero-order chi connectivity index (χ0) is 18.8. The van der Waals surface area contributed by atoms with Crippen molar-refractivity contribution in [2.75, 3.05) is 18.4 Å². The van der Waals surface area contributed by atoms with Gasteiger partial charge in [0.2, 0.25) is 0 Å². The molecule has 2 aromatic rings. The van der Waals surface area contributed by atoms with E-state index in [0.29, 0.717) is 12.2 Å². The first kappa shape index (κ1) is 17.5. The Balaban J connectivity index is 1.39. The second-order valence-corrected chi connectivity index (χ2v) is 7.23. The Morgan fingerprint density at radius 3 is 2.56 bits per heavy atom. The van der Waals surface area contributed by atoms with Gasteiger partial charge in [0.25, 0.3) is 0 Å². The molecule has 2 heterocycles. The van der Waals surface area contributed by atoms with Gasteiger partial charge >= 0.3 is 12.0 Å². The summed E-state index contributed by atoms with van der Waals surface area (Å²) in [6.07, 6.45) is 1.89. The van der Waals surface area contributed by atoms with Gasteiger partial charge in [0.05, 0.1) is 5.56 Å². The van der Waals surface area contributed by atoms with Crippen molar-refractivity contribution in [2.24, 2.45) is 0 Å². The monoisotopic (exact) mass is 365 g/mol. The standard InChI is InChI=1S/C21H23N3O3/c25-20(26)16-6-7-17-14-24(21(27)22-19(17)12-16)18-8-10-23(11-9-18)13-15-4-2-1-3-5-15/h1-7,12,18H,8-11,13-14H2,(H,22,27)(H,25,26). The highest BCUT2D eigenvalue weighted by Gasteiger charge is 2.31. The molecule has 0 atom stereocenters. The van der Waals surface area contributed by atoms with Crippen LogP contribution in [0.1, 0.15) is 34.3 Å². The Kier molecular flexibility index (Phi) is 4.81. The molecule has 2 aliphatic rings. The zero-order valence-electron chi connectivity index (χ0n) is 15.1. The summed E-state index contributed by atoms with van der Waals surface area (Å²) >= 11 is 0. The fourth-order valence-electron chi connectivity index (χ4n) is 3.93. The van der Waals surface area contributed by atoms with Gasteiger partial charge in [0.1, 0.15) is 0 Å². The summed E-state index contributed by atoms with van der Waals surface area (Å²) in [6, 6.07) is 15.5. The predicted molar refractivity (Wildman–Crippen MR) is 103 cm³/mol. The summed E-state index contributed by atoms with van der Waals surface area (Å²) in [5.74, 6) is -0.986. The van der Waals surface area contributed by atoms with Gasteiger partial charge in [-0.05, 0) is 36.1 Å². The molecule has 0 bridgehead atoms. The van der Waals surface area contributed by atoms with Crippen LogP contribution in [0.2, 0.25) is 0 Å². The number of carbonyl (C=O) groups is 2. The number of benzene rings is 2. The zero-order valence-corrected chi connectivity index (χ0v) is 15.1. The van der Waals surface area contributed by atoms with Gasteiger partial charge in [-0.15, -0.1) is 0 Å². The van der Waals surface area contributed by atoms with Gasteiger partial charge in [-0.25, -0.2) is 9.59 Å². The van der Waals surface area contributed by atoms with Crippen LogP contribution >= 0.6 is 0 Å². The fraction of sp³-hybridized carbons (Fsp3) is 0.333. The molecule has 0 aliphatic carbocycles. The number of carboxylic acids is 1. The maximum atomic E-state index is 12.6. The van der Waals surface area contributed by atoms with Crippen LogP contribution in [-0.4, -0.2) is 46.0 Å². The molecule has 6 nitrogen and oxygen atoms in total. The van der Waals surface area contributed by atoms with E-state index in [0.717, 1.165) is 38.0 Å². The number of hydrogen-bond donors (Lipinski definition) is 2. The minimum atomic E-state index is -0.986. The van der Waals surface area contributed by atoms with Crippen molar-refractivity contribution in [1.82, 2.24) is 9.80 Å². The number of nitrogens with one attached hydrogen (secondary N) is 1. The second kappa shape index (κ2) is 7.40. The van der Waals surface area contributed by atoms with Gasteiger partial charge in [0, 0.05) is 37.9 Å². The Labute approximate surface area is 158 Å². The smallest absolute Gasteiger partial charge is 0.335 e. The molecule has 140 valence electrons. The number of anilines is 1. The van der Waals surface area contributed by atoms with Crippen LogP contribution < -0.4 is 5.32 Å². The van der Waals surface area contributed by atoms with Crippen molar-refractivity contribution in [3.8, 4) is 0 Å². The van der Waals surface area contributed by atoms with Crippen LogP contribution in [0.4, 0.5) is 10.5 Å². The van der Waals surface area contributed by atoms with Gasteiger partial charge in [-0.3, -0.25) is 4.90 Å². The lowest BCUT2D eigenvalue weighted by atomic mass is 9.99.